The molecule has 3 N–H and O–H groups in total. The Morgan fingerprint density at radius 1 is 1.56 bits per heavy atom. The molecule has 1 rings (SSSR count). The van der Waals surface area contributed by atoms with Crippen LogP contribution in [0.25, 0.3) is 0 Å². The summed E-state index contributed by atoms with van der Waals surface area (Å²) in [6.45, 7) is 4.82. The van der Waals surface area contributed by atoms with E-state index in [0.717, 1.165) is 16.8 Å². The van der Waals surface area contributed by atoms with Gasteiger partial charge in [-0.05, 0) is 41.9 Å². The molecule has 1 aromatic rings. The first kappa shape index (κ1) is 16.2. The Labute approximate surface area is 126 Å². The molecule has 0 saturated heterocycles. The van der Waals surface area contributed by atoms with Gasteiger partial charge in [-0.15, -0.1) is 35.3 Å². The fourth-order valence-corrected chi connectivity index (χ4v) is 2.59. The molecule has 0 saturated carbocycles. The molecule has 1 heterocycles. The molecule has 0 bridgehead atoms. The van der Waals surface area contributed by atoms with Gasteiger partial charge in [0.1, 0.15) is 0 Å². The molecule has 6 heteroatoms. The summed E-state index contributed by atoms with van der Waals surface area (Å²) in [5.74, 6) is 0.528. The number of nitrogens with one attached hydrogen (secondary N) is 1. The quantitative estimate of drug-likeness (QED) is 0.449. The number of nitrogens with two attached hydrogens (primary N) is 1. The monoisotopic (exact) mass is 417 g/mol. The number of halogens is 2. The van der Waals surface area contributed by atoms with Crippen LogP contribution in [0.5, 0.6) is 0 Å². The lowest BCUT2D eigenvalue weighted by Crippen LogP contribution is -2.36. The number of rotatable bonds is 4. The maximum Gasteiger partial charge on any atom is 0.188 e. The molecule has 0 fully saturated rings. The first-order valence-electron chi connectivity index (χ1n) is 4.88. The highest BCUT2D eigenvalue weighted by Gasteiger charge is 1.98. The molecule has 3 nitrogen and oxygen atoms in total. The van der Waals surface area contributed by atoms with E-state index < -0.39 is 0 Å². The van der Waals surface area contributed by atoms with E-state index in [1.807, 2.05) is 13.8 Å². The molecular formula is C10H17BrIN3S. The third kappa shape index (κ3) is 6.70. The predicted octanol–water partition coefficient (Wildman–Crippen LogP) is 2.98. The first-order chi connectivity index (χ1) is 7.08. The Morgan fingerprint density at radius 3 is 2.75 bits per heavy atom. The minimum absolute atomic E-state index is 0. The van der Waals surface area contributed by atoms with Gasteiger partial charge < -0.3 is 11.1 Å². The molecule has 0 aliphatic heterocycles. The molecule has 1 aromatic heterocycles. The van der Waals surface area contributed by atoms with Crippen molar-refractivity contribution in [1.82, 2.24) is 5.32 Å². The number of hydrogen-bond donors (Lipinski definition) is 2. The molecular weight excluding hydrogens is 401 g/mol. The number of thiophene rings is 1. The molecule has 0 amide bonds. The van der Waals surface area contributed by atoms with Crippen LogP contribution in [0.1, 0.15) is 18.7 Å². The van der Waals surface area contributed by atoms with Gasteiger partial charge in [-0.1, -0.05) is 0 Å². The second-order valence-corrected chi connectivity index (χ2v) is 6.07. The van der Waals surface area contributed by atoms with Gasteiger partial charge in [0, 0.05) is 23.9 Å². The second kappa shape index (κ2) is 8.30. The Hall–Kier alpha value is 0.180. The van der Waals surface area contributed by atoms with E-state index in [-0.39, 0.29) is 24.0 Å². The van der Waals surface area contributed by atoms with E-state index in [9.17, 15) is 0 Å². The van der Waals surface area contributed by atoms with E-state index in [1.54, 1.807) is 11.3 Å². The zero-order chi connectivity index (χ0) is 11.3. The minimum Gasteiger partial charge on any atom is -0.370 e. The summed E-state index contributed by atoms with van der Waals surface area (Å²) in [4.78, 5) is 5.57. The van der Waals surface area contributed by atoms with Gasteiger partial charge in [-0.2, -0.15) is 0 Å². The molecule has 0 unspecified atom stereocenters. The summed E-state index contributed by atoms with van der Waals surface area (Å²) < 4.78 is 1.16. The number of hydrogen-bond acceptors (Lipinski definition) is 2. The van der Waals surface area contributed by atoms with Gasteiger partial charge >= 0.3 is 0 Å². The van der Waals surface area contributed by atoms with Crippen molar-refractivity contribution < 1.29 is 0 Å². The summed E-state index contributed by atoms with van der Waals surface area (Å²) in [6, 6.07) is 4.50. The zero-order valence-corrected chi connectivity index (χ0v) is 14.1. The molecule has 0 spiro atoms. The van der Waals surface area contributed by atoms with Crippen molar-refractivity contribution in [3.63, 3.8) is 0 Å². The van der Waals surface area contributed by atoms with Gasteiger partial charge in [0.15, 0.2) is 5.96 Å². The number of nitrogens with zero attached hydrogens (tertiary/aromatic N) is 1. The number of aliphatic imine (C=N–C) groups is 1. The zero-order valence-electron chi connectivity index (χ0n) is 9.37. The summed E-state index contributed by atoms with van der Waals surface area (Å²) in [5, 5.41) is 3.06. The van der Waals surface area contributed by atoms with Crippen molar-refractivity contribution in [2.24, 2.45) is 10.7 Å². The lowest BCUT2D eigenvalue weighted by molar-refractivity contribution is 0.723. The van der Waals surface area contributed by atoms with Crippen molar-refractivity contribution in [3.05, 3.63) is 20.8 Å². The normalized spacial score (nSPS) is 11.4. The third-order valence-corrected chi connectivity index (χ3v) is 3.39. The first-order valence-corrected chi connectivity index (χ1v) is 6.49. The molecule has 16 heavy (non-hydrogen) atoms. The van der Waals surface area contributed by atoms with Crippen LogP contribution in [0.4, 0.5) is 0 Å². The summed E-state index contributed by atoms with van der Waals surface area (Å²) in [7, 11) is 0. The van der Waals surface area contributed by atoms with Crippen LogP contribution in [-0.4, -0.2) is 18.5 Å². The van der Waals surface area contributed by atoms with Crippen molar-refractivity contribution in [1.29, 1.82) is 0 Å². The highest BCUT2D eigenvalue weighted by atomic mass is 127. The molecule has 0 radical (unpaired) electrons. The Balaban J connectivity index is 0.00000225. The van der Waals surface area contributed by atoms with Crippen molar-refractivity contribution in [3.8, 4) is 0 Å². The SMILES string of the molecule is CC(C)NC(N)=NCCc1ccc(Br)s1.I. The van der Waals surface area contributed by atoms with E-state index >= 15 is 0 Å². The maximum atomic E-state index is 5.68. The highest BCUT2D eigenvalue weighted by molar-refractivity contribution is 14.0. The van der Waals surface area contributed by atoms with Crippen LogP contribution < -0.4 is 11.1 Å². The minimum atomic E-state index is 0. The lowest BCUT2D eigenvalue weighted by Gasteiger charge is -2.07. The predicted molar refractivity (Wildman–Crippen MR) is 85.9 cm³/mol. The topological polar surface area (TPSA) is 50.4 Å². The van der Waals surface area contributed by atoms with Crippen molar-refractivity contribution in [2.75, 3.05) is 6.54 Å². The molecule has 0 atom stereocenters. The highest BCUT2D eigenvalue weighted by Crippen LogP contribution is 2.22. The summed E-state index contributed by atoms with van der Waals surface area (Å²) in [6.07, 6.45) is 0.941. The van der Waals surface area contributed by atoms with Gasteiger partial charge in [0.05, 0.1) is 3.79 Å². The average molecular weight is 418 g/mol. The van der Waals surface area contributed by atoms with Crippen LogP contribution in [0.15, 0.2) is 20.9 Å². The second-order valence-electron chi connectivity index (χ2n) is 3.52. The Morgan fingerprint density at radius 2 is 2.25 bits per heavy atom. The van der Waals surface area contributed by atoms with Gasteiger partial charge in [0.25, 0.3) is 0 Å². The fourth-order valence-electron chi connectivity index (χ4n) is 1.11. The summed E-state index contributed by atoms with van der Waals surface area (Å²) in [5.41, 5.74) is 5.68. The van der Waals surface area contributed by atoms with E-state index in [1.165, 1.54) is 4.88 Å². The van der Waals surface area contributed by atoms with Crippen LogP contribution in [0.3, 0.4) is 0 Å². The van der Waals surface area contributed by atoms with Crippen LogP contribution in [-0.2, 0) is 6.42 Å². The fraction of sp³-hybridized carbons (Fsp3) is 0.500. The van der Waals surface area contributed by atoms with Gasteiger partial charge in [-0.3, -0.25) is 4.99 Å². The Bertz CT molecular complexity index is 339. The number of guanidine groups is 1. The molecule has 0 aliphatic rings. The third-order valence-electron chi connectivity index (χ3n) is 1.71. The van der Waals surface area contributed by atoms with Crippen molar-refractivity contribution in [2.45, 2.75) is 26.3 Å². The van der Waals surface area contributed by atoms with Crippen LogP contribution in [0, 0.1) is 0 Å². The van der Waals surface area contributed by atoms with E-state index in [2.05, 4.69) is 38.4 Å². The van der Waals surface area contributed by atoms with Crippen molar-refractivity contribution >= 4 is 57.2 Å². The average Bonchev–Trinajstić information content (AvgIpc) is 2.50. The maximum absolute atomic E-state index is 5.68. The van der Waals surface area contributed by atoms with E-state index in [0.29, 0.717) is 12.0 Å². The smallest absolute Gasteiger partial charge is 0.188 e. The Kier molecular flexibility index (Phi) is 8.39. The van der Waals surface area contributed by atoms with Crippen LogP contribution >= 0.6 is 51.2 Å². The summed E-state index contributed by atoms with van der Waals surface area (Å²) >= 11 is 5.17. The standard InChI is InChI=1S/C10H16BrN3S.HI/c1-7(2)14-10(12)13-6-5-8-3-4-9(11)15-8;/h3-4,7H,5-6H2,1-2H3,(H3,12,13,14);1H. The van der Waals surface area contributed by atoms with Gasteiger partial charge in [-0.25, -0.2) is 0 Å². The van der Waals surface area contributed by atoms with Crippen LogP contribution in [0.2, 0.25) is 0 Å². The van der Waals surface area contributed by atoms with E-state index in [4.69, 9.17) is 5.73 Å². The molecule has 0 aliphatic carbocycles. The lowest BCUT2D eigenvalue weighted by atomic mass is 10.3. The largest absolute Gasteiger partial charge is 0.370 e. The van der Waals surface area contributed by atoms with Gasteiger partial charge in [0.2, 0.25) is 0 Å². The molecule has 92 valence electrons. The molecule has 0 aromatic carbocycles.